The van der Waals surface area contributed by atoms with E-state index in [1.54, 1.807) is 29.4 Å². The highest BCUT2D eigenvalue weighted by Gasteiger charge is 2.21. The number of benzene rings is 1. The molecule has 3 aromatic rings. The Morgan fingerprint density at radius 1 is 1.09 bits per heavy atom. The standard InChI is InChI=1S/C18H18N4O/c1-14-7-3-4-9-16(14)22(13-17-20-11-12-21(17)2)18(23)15-8-5-6-10-19-15/h3-12H,13H2,1-2H3. The quantitative estimate of drug-likeness (QED) is 0.744. The Morgan fingerprint density at radius 2 is 1.87 bits per heavy atom. The second kappa shape index (κ2) is 6.44. The molecule has 1 aromatic carbocycles. The van der Waals surface area contributed by atoms with Crippen LogP contribution in [0.15, 0.2) is 61.1 Å². The zero-order valence-corrected chi connectivity index (χ0v) is 13.2. The van der Waals surface area contributed by atoms with Crippen LogP contribution >= 0.6 is 0 Å². The molecular formula is C18H18N4O. The van der Waals surface area contributed by atoms with Gasteiger partial charge in [0.2, 0.25) is 0 Å². The van der Waals surface area contributed by atoms with Crippen molar-refractivity contribution in [2.24, 2.45) is 7.05 Å². The largest absolute Gasteiger partial charge is 0.337 e. The number of carbonyl (C=O) groups excluding carboxylic acids is 1. The minimum atomic E-state index is -0.136. The van der Waals surface area contributed by atoms with Gasteiger partial charge in [-0.2, -0.15) is 0 Å². The Labute approximate surface area is 135 Å². The number of anilines is 1. The number of hydrogen-bond acceptors (Lipinski definition) is 3. The number of hydrogen-bond donors (Lipinski definition) is 0. The topological polar surface area (TPSA) is 51.0 Å². The summed E-state index contributed by atoms with van der Waals surface area (Å²) in [5, 5.41) is 0. The normalized spacial score (nSPS) is 10.5. The molecule has 0 aliphatic carbocycles. The highest BCUT2D eigenvalue weighted by atomic mass is 16.2. The van der Waals surface area contributed by atoms with Crippen LogP contribution in [0, 0.1) is 6.92 Å². The number of aromatic nitrogens is 3. The number of amides is 1. The van der Waals surface area contributed by atoms with Crippen molar-refractivity contribution in [3.8, 4) is 0 Å². The van der Waals surface area contributed by atoms with Crippen molar-refractivity contribution >= 4 is 11.6 Å². The minimum Gasteiger partial charge on any atom is -0.337 e. The van der Waals surface area contributed by atoms with E-state index in [4.69, 9.17) is 0 Å². The van der Waals surface area contributed by atoms with Gasteiger partial charge in [0.1, 0.15) is 11.5 Å². The van der Waals surface area contributed by atoms with Crippen LogP contribution in [0.25, 0.3) is 0 Å². The summed E-state index contributed by atoms with van der Waals surface area (Å²) in [4.78, 5) is 23.2. The summed E-state index contributed by atoms with van der Waals surface area (Å²) in [6, 6.07) is 13.2. The summed E-state index contributed by atoms with van der Waals surface area (Å²) in [7, 11) is 1.92. The third-order valence-corrected chi connectivity index (χ3v) is 3.76. The van der Waals surface area contributed by atoms with Gasteiger partial charge in [-0.15, -0.1) is 0 Å². The molecule has 0 bridgehead atoms. The zero-order valence-electron chi connectivity index (χ0n) is 13.2. The monoisotopic (exact) mass is 306 g/mol. The van der Waals surface area contributed by atoms with Crippen LogP contribution in [0.1, 0.15) is 21.9 Å². The Morgan fingerprint density at radius 3 is 2.52 bits per heavy atom. The van der Waals surface area contributed by atoms with Crippen molar-refractivity contribution in [3.05, 3.63) is 78.1 Å². The molecule has 5 nitrogen and oxygen atoms in total. The van der Waals surface area contributed by atoms with Crippen LogP contribution in [0.4, 0.5) is 5.69 Å². The van der Waals surface area contributed by atoms with Crippen LogP contribution in [0.5, 0.6) is 0 Å². The molecule has 0 fully saturated rings. The van der Waals surface area contributed by atoms with Crippen molar-refractivity contribution in [2.75, 3.05) is 4.90 Å². The van der Waals surface area contributed by atoms with Crippen molar-refractivity contribution in [2.45, 2.75) is 13.5 Å². The van der Waals surface area contributed by atoms with Crippen molar-refractivity contribution < 1.29 is 4.79 Å². The average molecular weight is 306 g/mol. The molecule has 5 heteroatoms. The third-order valence-electron chi connectivity index (χ3n) is 3.76. The molecule has 116 valence electrons. The molecule has 2 heterocycles. The number of nitrogens with zero attached hydrogens (tertiary/aromatic N) is 4. The number of rotatable bonds is 4. The lowest BCUT2D eigenvalue weighted by Gasteiger charge is -2.24. The van der Waals surface area contributed by atoms with Crippen LogP contribution in [-0.2, 0) is 13.6 Å². The lowest BCUT2D eigenvalue weighted by atomic mass is 10.1. The van der Waals surface area contributed by atoms with E-state index in [1.165, 1.54) is 0 Å². The lowest BCUT2D eigenvalue weighted by Crippen LogP contribution is -2.32. The number of carbonyl (C=O) groups is 1. The van der Waals surface area contributed by atoms with Gasteiger partial charge in [0.25, 0.3) is 5.91 Å². The molecule has 0 saturated carbocycles. The smallest absolute Gasteiger partial charge is 0.277 e. The van der Waals surface area contributed by atoms with Crippen molar-refractivity contribution in [1.82, 2.24) is 14.5 Å². The molecule has 0 atom stereocenters. The van der Waals surface area contributed by atoms with E-state index in [2.05, 4.69) is 9.97 Å². The summed E-state index contributed by atoms with van der Waals surface area (Å²) >= 11 is 0. The van der Waals surface area contributed by atoms with E-state index in [1.807, 2.05) is 55.1 Å². The molecule has 1 amide bonds. The fraction of sp³-hybridized carbons (Fsp3) is 0.167. The Balaban J connectivity index is 2.02. The third kappa shape index (κ3) is 3.13. The van der Waals surface area contributed by atoms with E-state index in [9.17, 15) is 4.79 Å². The first kappa shape index (κ1) is 15.0. The first-order valence-corrected chi connectivity index (χ1v) is 7.41. The van der Waals surface area contributed by atoms with Crippen LogP contribution in [0.2, 0.25) is 0 Å². The zero-order chi connectivity index (χ0) is 16.2. The molecule has 0 unspecified atom stereocenters. The van der Waals surface area contributed by atoms with Crippen molar-refractivity contribution in [3.63, 3.8) is 0 Å². The predicted molar refractivity (Wildman–Crippen MR) is 89.1 cm³/mol. The molecule has 0 saturated heterocycles. The highest BCUT2D eigenvalue weighted by molar-refractivity contribution is 6.05. The van der Waals surface area contributed by atoms with E-state index in [0.29, 0.717) is 12.2 Å². The van der Waals surface area contributed by atoms with Gasteiger partial charge in [0.05, 0.1) is 6.54 Å². The van der Waals surface area contributed by atoms with Gasteiger partial charge in [-0.1, -0.05) is 24.3 Å². The number of imidazole rings is 1. The fourth-order valence-electron chi connectivity index (χ4n) is 2.45. The summed E-state index contributed by atoms with van der Waals surface area (Å²) < 4.78 is 1.91. The van der Waals surface area contributed by atoms with Gasteiger partial charge >= 0.3 is 0 Å². The van der Waals surface area contributed by atoms with E-state index in [0.717, 1.165) is 17.1 Å². The number of aryl methyl sites for hydroxylation is 2. The van der Waals surface area contributed by atoms with Gasteiger partial charge in [-0.25, -0.2) is 4.98 Å². The Kier molecular flexibility index (Phi) is 4.19. The fourth-order valence-corrected chi connectivity index (χ4v) is 2.45. The summed E-state index contributed by atoms with van der Waals surface area (Å²) in [5.74, 6) is 0.681. The Hall–Kier alpha value is -2.95. The van der Waals surface area contributed by atoms with E-state index in [-0.39, 0.29) is 5.91 Å². The summed E-state index contributed by atoms with van der Waals surface area (Å²) in [5.41, 5.74) is 2.32. The lowest BCUT2D eigenvalue weighted by molar-refractivity contribution is 0.0979. The Bertz CT molecular complexity index is 811. The minimum absolute atomic E-state index is 0.136. The average Bonchev–Trinajstić information content (AvgIpc) is 2.98. The maximum atomic E-state index is 13.0. The molecular weight excluding hydrogens is 288 g/mol. The number of para-hydroxylation sites is 1. The van der Waals surface area contributed by atoms with Crippen LogP contribution < -0.4 is 4.90 Å². The van der Waals surface area contributed by atoms with Crippen LogP contribution in [-0.4, -0.2) is 20.4 Å². The second-order valence-electron chi connectivity index (χ2n) is 5.35. The molecule has 0 aliphatic heterocycles. The first-order chi connectivity index (χ1) is 11.2. The summed E-state index contributed by atoms with van der Waals surface area (Å²) in [6.07, 6.45) is 5.23. The number of pyridine rings is 1. The molecule has 0 radical (unpaired) electrons. The SMILES string of the molecule is Cc1ccccc1N(Cc1nccn1C)C(=O)c1ccccn1. The molecule has 3 rings (SSSR count). The molecule has 0 aliphatic rings. The van der Waals surface area contributed by atoms with E-state index < -0.39 is 0 Å². The highest BCUT2D eigenvalue weighted by Crippen LogP contribution is 2.23. The van der Waals surface area contributed by atoms with Gasteiger partial charge in [0.15, 0.2) is 0 Å². The maximum absolute atomic E-state index is 13.0. The van der Waals surface area contributed by atoms with Gasteiger partial charge in [-0.3, -0.25) is 14.7 Å². The van der Waals surface area contributed by atoms with E-state index >= 15 is 0 Å². The molecule has 0 N–H and O–H groups in total. The molecule has 2 aromatic heterocycles. The summed E-state index contributed by atoms with van der Waals surface area (Å²) in [6.45, 7) is 2.39. The predicted octanol–water partition coefficient (Wildman–Crippen LogP) is 2.97. The van der Waals surface area contributed by atoms with Gasteiger partial charge in [-0.05, 0) is 30.7 Å². The second-order valence-corrected chi connectivity index (χ2v) is 5.35. The molecule has 0 spiro atoms. The molecule has 23 heavy (non-hydrogen) atoms. The first-order valence-electron chi connectivity index (χ1n) is 7.41. The van der Waals surface area contributed by atoms with Gasteiger partial charge in [0, 0.05) is 31.3 Å². The van der Waals surface area contributed by atoms with Crippen LogP contribution in [0.3, 0.4) is 0 Å². The maximum Gasteiger partial charge on any atom is 0.277 e. The van der Waals surface area contributed by atoms with Gasteiger partial charge < -0.3 is 4.57 Å². The van der Waals surface area contributed by atoms with Crippen molar-refractivity contribution in [1.29, 1.82) is 0 Å².